The second kappa shape index (κ2) is 4.59. The number of hydrogen-bond donors (Lipinski definition) is 2. The first-order valence-electron chi connectivity index (χ1n) is 5.64. The molecule has 0 unspecified atom stereocenters. The molecule has 0 aromatic heterocycles. The van der Waals surface area contributed by atoms with E-state index in [4.69, 9.17) is 10.5 Å². The van der Waals surface area contributed by atoms with Crippen LogP contribution in [0.1, 0.15) is 24.1 Å². The van der Waals surface area contributed by atoms with Gasteiger partial charge in [-0.3, -0.25) is 0 Å². The number of carbonyl (C=O) groups excluding carboxylic acids is 1. The molecular weight excluding hydrogens is 216 g/mol. The van der Waals surface area contributed by atoms with E-state index in [1.807, 2.05) is 25.1 Å². The number of fused-ring (bicyclic) bond motifs is 1. The van der Waals surface area contributed by atoms with Gasteiger partial charge < -0.3 is 15.8 Å². The van der Waals surface area contributed by atoms with Gasteiger partial charge in [0.15, 0.2) is 0 Å². The standard InChI is InChI=1S/C13H16N2O2/c1-3-17-13(16)10-7-15-12-8(2)5-4-6-9(12)11(10)14/h4-7,11,15H,3,14H2,1-2H3/t11-/m0/s1. The molecule has 4 heteroatoms. The van der Waals surface area contributed by atoms with Gasteiger partial charge in [-0.1, -0.05) is 18.2 Å². The van der Waals surface area contributed by atoms with Crippen molar-refractivity contribution in [2.45, 2.75) is 19.9 Å². The Kier molecular flexibility index (Phi) is 3.15. The van der Waals surface area contributed by atoms with Crippen LogP contribution in [-0.2, 0) is 9.53 Å². The van der Waals surface area contributed by atoms with Gasteiger partial charge >= 0.3 is 5.97 Å². The maximum atomic E-state index is 11.7. The highest BCUT2D eigenvalue weighted by atomic mass is 16.5. The van der Waals surface area contributed by atoms with Crippen molar-refractivity contribution in [1.29, 1.82) is 0 Å². The highest BCUT2D eigenvalue weighted by molar-refractivity contribution is 5.92. The normalized spacial score (nSPS) is 17.8. The highest BCUT2D eigenvalue weighted by Crippen LogP contribution is 2.33. The summed E-state index contributed by atoms with van der Waals surface area (Å²) in [7, 11) is 0. The molecule has 1 heterocycles. The fourth-order valence-electron chi connectivity index (χ4n) is 1.95. The molecule has 0 spiro atoms. The van der Waals surface area contributed by atoms with Crippen LogP contribution in [0.5, 0.6) is 0 Å². The second-order valence-corrected chi connectivity index (χ2v) is 3.98. The van der Waals surface area contributed by atoms with Crippen LogP contribution in [0, 0.1) is 6.92 Å². The summed E-state index contributed by atoms with van der Waals surface area (Å²) in [6.07, 6.45) is 1.64. The maximum absolute atomic E-state index is 11.7. The van der Waals surface area contributed by atoms with E-state index >= 15 is 0 Å². The van der Waals surface area contributed by atoms with Gasteiger partial charge in [0.25, 0.3) is 0 Å². The molecule has 0 saturated heterocycles. The minimum atomic E-state index is -0.426. The molecule has 4 nitrogen and oxygen atoms in total. The summed E-state index contributed by atoms with van der Waals surface area (Å²) in [5.41, 5.74) is 9.56. The lowest BCUT2D eigenvalue weighted by molar-refractivity contribution is -0.138. The first kappa shape index (κ1) is 11.7. The third-order valence-corrected chi connectivity index (χ3v) is 2.86. The van der Waals surface area contributed by atoms with Crippen molar-refractivity contribution in [3.8, 4) is 0 Å². The monoisotopic (exact) mass is 232 g/mol. The molecule has 1 atom stereocenters. The second-order valence-electron chi connectivity index (χ2n) is 3.98. The Labute approximate surface area is 100 Å². The number of nitrogens with one attached hydrogen (secondary N) is 1. The third-order valence-electron chi connectivity index (χ3n) is 2.86. The van der Waals surface area contributed by atoms with Crippen molar-refractivity contribution in [2.24, 2.45) is 5.73 Å². The molecule has 0 aliphatic carbocycles. The van der Waals surface area contributed by atoms with Crippen LogP contribution in [0.3, 0.4) is 0 Å². The Hall–Kier alpha value is -1.81. The molecule has 0 radical (unpaired) electrons. The van der Waals surface area contributed by atoms with E-state index < -0.39 is 6.04 Å². The molecule has 0 amide bonds. The molecular formula is C13H16N2O2. The summed E-state index contributed by atoms with van der Waals surface area (Å²) in [4.78, 5) is 11.7. The maximum Gasteiger partial charge on any atom is 0.337 e. The number of para-hydroxylation sites is 1. The van der Waals surface area contributed by atoms with Crippen LogP contribution < -0.4 is 11.1 Å². The van der Waals surface area contributed by atoms with Gasteiger partial charge in [-0.15, -0.1) is 0 Å². The molecule has 0 fully saturated rings. The van der Waals surface area contributed by atoms with E-state index in [1.165, 1.54) is 0 Å². The Morgan fingerprint density at radius 1 is 1.53 bits per heavy atom. The van der Waals surface area contributed by atoms with Crippen LogP contribution in [0.2, 0.25) is 0 Å². The van der Waals surface area contributed by atoms with E-state index in [-0.39, 0.29) is 5.97 Å². The average Bonchev–Trinajstić information content (AvgIpc) is 2.31. The predicted octanol–water partition coefficient (Wildman–Crippen LogP) is 1.87. The minimum absolute atomic E-state index is 0.351. The lowest BCUT2D eigenvalue weighted by Gasteiger charge is -2.24. The zero-order valence-electron chi connectivity index (χ0n) is 9.99. The summed E-state index contributed by atoms with van der Waals surface area (Å²) in [5.74, 6) is -0.361. The number of hydrogen-bond acceptors (Lipinski definition) is 4. The molecule has 1 aromatic rings. The van der Waals surface area contributed by atoms with Crippen LogP contribution >= 0.6 is 0 Å². The molecule has 3 N–H and O–H groups in total. The van der Waals surface area contributed by atoms with Crippen molar-refractivity contribution >= 4 is 11.7 Å². The summed E-state index contributed by atoms with van der Waals surface area (Å²) in [5, 5.41) is 3.11. The number of carbonyl (C=O) groups is 1. The Morgan fingerprint density at radius 2 is 2.29 bits per heavy atom. The van der Waals surface area contributed by atoms with Crippen molar-refractivity contribution in [3.05, 3.63) is 41.1 Å². The number of nitrogens with two attached hydrogens (primary N) is 1. The Bertz CT molecular complexity index is 480. The van der Waals surface area contributed by atoms with Gasteiger partial charge in [-0.2, -0.15) is 0 Å². The minimum Gasteiger partial charge on any atom is -0.463 e. The third kappa shape index (κ3) is 2.03. The highest BCUT2D eigenvalue weighted by Gasteiger charge is 2.26. The summed E-state index contributed by atoms with van der Waals surface area (Å²) in [6.45, 7) is 4.13. The topological polar surface area (TPSA) is 64.3 Å². The molecule has 1 aliphatic rings. The number of rotatable bonds is 2. The van der Waals surface area contributed by atoms with Crippen LogP contribution in [0.25, 0.3) is 0 Å². The fraction of sp³-hybridized carbons (Fsp3) is 0.308. The van der Waals surface area contributed by atoms with Gasteiger partial charge in [-0.05, 0) is 25.0 Å². The first-order chi connectivity index (χ1) is 8.15. The van der Waals surface area contributed by atoms with E-state index in [1.54, 1.807) is 13.1 Å². The zero-order valence-corrected chi connectivity index (χ0v) is 9.99. The molecule has 1 aromatic carbocycles. The SMILES string of the molecule is CCOC(=O)C1=CNc2c(C)cccc2[C@@H]1N. The van der Waals surface area contributed by atoms with Crippen LogP contribution in [0.15, 0.2) is 30.0 Å². The van der Waals surface area contributed by atoms with Crippen molar-refractivity contribution in [3.63, 3.8) is 0 Å². The number of ether oxygens (including phenoxy) is 1. The van der Waals surface area contributed by atoms with Crippen molar-refractivity contribution < 1.29 is 9.53 Å². The van der Waals surface area contributed by atoms with E-state index in [9.17, 15) is 4.79 Å². The number of benzene rings is 1. The molecule has 0 bridgehead atoms. The quantitative estimate of drug-likeness (QED) is 0.764. The number of aryl methyl sites for hydroxylation is 1. The molecule has 2 rings (SSSR count). The van der Waals surface area contributed by atoms with E-state index in [0.717, 1.165) is 16.8 Å². The zero-order chi connectivity index (χ0) is 12.4. The Morgan fingerprint density at radius 3 is 3.00 bits per heavy atom. The smallest absolute Gasteiger partial charge is 0.337 e. The van der Waals surface area contributed by atoms with Crippen LogP contribution in [-0.4, -0.2) is 12.6 Å². The molecule has 17 heavy (non-hydrogen) atoms. The van der Waals surface area contributed by atoms with Gasteiger partial charge in [0.05, 0.1) is 18.2 Å². The first-order valence-corrected chi connectivity index (χ1v) is 5.64. The lowest BCUT2D eigenvalue weighted by atomic mass is 9.93. The largest absolute Gasteiger partial charge is 0.463 e. The summed E-state index contributed by atoms with van der Waals surface area (Å²) in [6, 6.07) is 5.43. The van der Waals surface area contributed by atoms with Gasteiger partial charge in [0.1, 0.15) is 0 Å². The Balaban J connectivity index is 2.34. The lowest BCUT2D eigenvalue weighted by Crippen LogP contribution is -2.26. The summed E-state index contributed by atoms with van der Waals surface area (Å²) >= 11 is 0. The van der Waals surface area contributed by atoms with Crippen molar-refractivity contribution in [2.75, 3.05) is 11.9 Å². The number of esters is 1. The van der Waals surface area contributed by atoms with Crippen molar-refractivity contribution in [1.82, 2.24) is 0 Å². The van der Waals surface area contributed by atoms with Gasteiger partial charge in [-0.25, -0.2) is 4.79 Å². The van der Waals surface area contributed by atoms with E-state index in [0.29, 0.717) is 12.2 Å². The number of anilines is 1. The molecule has 90 valence electrons. The van der Waals surface area contributed by atoms with Gasteiger partial charge in [0.2, 0.25) is 0 Å². The summed E-state index contributed by atoms with van der Waals surface area (Å²) < 4.78 is 4.97. The van der Waals surface area contributed by atoms with E-state index in [2.05, 4.69) is 5.32 Å². The van der Waals surface area contributed by atoms with Gasteiger partial charge in [0, 0.05) is 11.9 Å². The average molecular weight is 232 g/mol. The molecule has 0 saturated carbocycles. The predicted molar refractivity (Wildman–Crippen MR) is 66.4 cm³/mol. The molecule has 1 aliphatic heterocycles. The van der Waals surface area contributed by atoms with Crippen LogP contribution in [0.4, 0.5) is 5.69 Å². The fourth-order valence-corrected chi connectivity index (χ4v) is 1.95.